The van der Waals surface area contributed by atoms with E-state index in [2.05, 4.69) is 4.98 Å². The van der Waals surface area contributed by atoms with Gasteiger partial charge in [0.1, 0.15) is 5.69 Å². The van der Waals surface area contributed by atoms with Crippen molar-refractivity contribution in [3.8, 4) is 0 Å². The van der Waals surface area contributed by atoms with E-state index in [9.17, 15) is 22.8 Å². The van der Waals surface area contributed by atoms with Crippen LogP contribution in [-0.2, 0) is 12.7 Å². The average molecular weight is 324 g/mol. The molecule has 23 heavy (non-hydrogen) atoms. The number of amides is 1. The van der Waals surface area contributed by atoms with Crippen molar-refractivity contribution in [3.63, 3.8) is 0 Å². The first-order valence-electron chi connectivity index (χ1n) is 6.80. The number of Topliss-reactive ketones (excluding diaryl/α,β-unsaturated/α-hetero) is 1. The molecule has 4 nitrogen and oxygen atoms in total. The van der Waals surface area contributed by atoms with E-state index in [1.54, 1.807) is 0 Å². The summed E-state index contributed by atoms with van der Waals surface area (Å²) in [5.41, 5.74) is -0.260. The van der Waals surface area contributed by atoms with Crippen molar-refractivity contribution in [3.05, 3.63) is 58.9 Å². The Kier molecular flexibility index (Phi) is 4.58. The highest BCUT2D eigenvalue weighted by molar-refractivity contribution is 5.98. The number of nitrogens with zero attached hydrogens (tertiary/aromatic N) is 1. The van der Waals surface area contributed by atoms with E-state index >= 15 is 0 Å². The van der Waals surface area contributed by atoms with Crippen LogP contribution in [0.25, 0.3) is 0 Å². The van der Waals surface area contributed by atoms with Crippen LogP contribution in [0.3, 0.4) is 0 Å². The fourth-order valence-corrected chi connectivity index (χ4v) is 2.19. The van der Waals surface area contributed by atoms with Gasteiger partial charge >= 0.3 is 6.18 Å². The zero-order chi connectivity index (χ0) is 17.2. The van der Waals surface area contributed by atoms with Gasteiger partial charge in [-0.2, -0.15) is 13.2 Å². The van der Waals surface area contributed by atoms with Crippen molar-refractivity contribution < 1.29 is 22.8 Å². The molecule has 122 valence electrons. The summed E-state index contributed by atoms with van der Waals surface area (Å²) in [4.78, 5) is 27.3. The molecule has 0 fully saturated rings. The number of H-pyrrole nitrogens is 1. The Morgan fingerprint density at radius 2 is 1.87 bits per heavy atom. The van der Waals surface area contributed by atoms with Gasteiger partial charge in [-0.1, -0.05) is 18.2 Å². The second-order valence-corrected chi connectivity index (χ2v) is 5.17. The number of nitrogens with one attached hydrogen (secondary N) is 1. The summed E-state index contributed by atoms with van der Waals surface area (Å²) >= 11 is 0. The van der Waals surface area contributed by atoms with Gasteiger partial charge in [-0.3, -0.25) is 9.59 Å². The molecule has 0 saturated heterocycles. The monoisotopic (exact) mass is 324 g/mol. The Morgan fingerprint density at radius 1 is 1.22 bits per heavy atom. The molecule has 0 saturated carbocycles. The summed E-state index contributed by atoms with van der Waals surface area (Å²) in [6, 6.07) is 6.50. The Bertz CT molecular complexity index is 735. The lowest BCUT2D eigenvalue weighted by atomic mass is 10.1. The number of benzene rings is 1. The van der Waals surface area contributed by atoms with Crippen LogP contribution in [0.5, 0.6) is 0 Å². The Morgan fingerprint density at radius 3 is 2.43 bits per heavy atom. The first-order chi connectivity index (χ1) is 10.7. The van der Waals surface area contributed by atoms with E-state index in [0.29, 0.717) is 5.56 Å². The quantitative estimate of drug-likeness (QED) is 0.875. The molecule has 0 radical (unpaired) electrons. The van der Waals surface area contributed by atoms with Crippen molar-refractivity contribution in [1.82, 2.24) is 9.88 Å². The summed E-state index contributed by atoms with van der Waals surface area (Å²) in [5, 5.41) is 0. The maximum absolute atomic E-state index is 13.0. The molecule has 1 aromatic carbocycles. The molecule has 0 unspecified atom stereocenters. The lowest BCUT2D eigenvalue weighted by Gasteiger charge is -2.19. The van der Waals surface area contributed by atoms with Gasteiger partial charge in [0.15, 0.2) is 5.78 Å². The number of halogens is 3. The molecule has 1 aromatic heterocycles. The van der Waals surface area contributed by atoms with Crippen molar-refractivity contribution in [2.24, 2.45) is 0 Å². The van der Waals surface area contributed by atoms with Gasteiger partial charge < -0.3 is 9.88 Å². The molecule has 0 bridgehead atoms. The number of carbonyl (C=O) groups excluding carboxylic acids is 2. The van der Waals surface area contributed by atoms with Crippen LogP contribution in [0.15, 0.2) is 36.5 Å². The zero-order valence-corrected chi connectivity index (χ0v) is 12.6. The number of hydrogen-bond acceptors (Lipinski definition) is 2. The second-order valence-electron chi connectivity index (χ2n) is 5.17. The molecule has 1 heterocycles. The number of aromatic amines is 1. The van der Waals surface area contributed by atoms with Crippen LogP contribution in [0.4, 0.5) is 13.2 Å². The summed E-state index contributed by atoms with van der Waals surface area (Å²) in [7, 11) is 1.41. The molecule has 0 aliphatic heterocycles. The van der Waals surface area contributed by atoms with E-state index < -0.39 is 17.6 Å². The average Bonchev–Trinajstić information content (AvgIpc) is 2.95. The zero-order valence-electron chi connectivity index (χ0n) is 12.6. The number of alkyl halides is 3. The fraction of sp³-hybridized carbons (Fsp3) is 0.250. The summed E-state index contributed by atoms with van der Waals surface area (Å²) in [6.07, 6.45) is -3.08. The standard InChI is InChI=1S/C16H15F3N2O2/c1-10(22)12-7-14(20-8-12)15(23)21(2)9-11-5-3-4-6-13(11)16(17,18)19/h3-8,20H,9H2,1-2H3. The lowest BCUT2D eigenvalue weighted by molar-refractivity contribution is -0.138. The number of rotatable bonds is 4. The minimum Gasteiger partial charge on any atom is -0.356 e. The van der Waals surface area contributed by atoms with Crippen molar-refractivity contribution >= 4 is 11.7 Å². The maximum Gasteiger partial charge on any atom is 0.416 e. The van der Waals surface area contributed by atoms with Crippen LogP contribution in [-0.4, -0.2) is 28.6 Å². The third-order valence-electron chi connectivity index (χ3n) is 3.40. The van der Waals surface area contributed by atoms with Gasteiger partial charge in [-0.05, 0) is 24.6 Å². The molecule has 1 amide bonds. The topological polar surface area (TPSA) is 53.2 Å². The minimum atomic E-state index is -4.48. The van der Waals surface area contributed by atoms with Crippen molar-refractivity contribution in [1.29, 1.82) is 0 Å². The number of hydrogen-bond donors (Lipinski definition) is 1. The predicted octanol–water partition coefficient (Wildman–Crippen LogP) is 3.51. The highest BCUT2D eigenvalue weighted by Gasteiger charge is 2.33. The van der Waals surface area contributed by atoms with Crippen LogP contribution >= 0.6 is 0 Å². The molecule has 0 atom stereocenters. The molecule has 1 N–H and O–H groups in total. The highest BCUT2D eigenvalue weighted by atomic mass is 19.4. The Labute approximate surface area is 130 Å². The van der Waals surface area contributed by atoms with Gasteiger partial charge in [-0.25, -0.2) is 0 Å². The Hall–Kier alpha value is -2.57. The van der Waals surface area contributed by atoms with Crippen LogP contribution < -0.4 is 0 Å². The number of ketones is 1. The molecule has 2 aromatic rings. The first kappa shape index (κ1) is 16.8. The van der Waals surface area contributed by atoms with Crippen molar-refractivity contribution in [2.75, 3.05) is 7.05 Å². The maximum atomic E-state index is 13.0. The molecule has 7 heteroatoms. The molecular formula is C16H15F3N2O2. The van der Waals surface area contributed by atoms with E-state index in [1.165, 1.54) is 49.3 Å². The van der Waals surface area contributed by atoms with Crippen LogP contribution in [0, 0.1) is 0 Å². The SMILES string of the molecule is CC(=O)c1c[nH]c(C(=O)N(C)Cc2ccccc2C(F)(F)F)c1. The second kappa shape index (κ2) is 6.28. The fourth-order valence-electron chi connectivity index (χ4n) is 2.19. The minimum absolute atomic E-state index is 0.00852. The van der Waals surface area contributed by atoms with E-state index in [0.717, 1.165) is 6.07 Å². The number of carbonyl (C=O) groups is 2. The van der Waals surface area contributed by atoms with E-state index in [1.807, 2.05) is 0 Å². The Balaban J connectivity index is 2.20. The summed E-state index contributed by atoms with van der Waals surface area (Å²) < 4.78 is 38.9. The van der Waals surface area contributed by atoms with Crippen molar-refractivity contribution in [2.45, 2.75) is 19.6 Å². The lowest BCUT2D eigenvalue weighted by Crippen LogP contribution is -2.27. The normalized spacial score (nSPS) is 11.3. The van der Waals surface area contributed by atoms with E-state index in [4.69, 9.17) is 0 Å². The summed E-state index contributed by atoms with van der Waals surface area (Å²) in [6.45, 7) is 1.17. The molecule has 2 rings (SSSR count). The third-order valence-corrected chi connectivity index (χ3v) is 3.40. The van der Waals surface area contributed by atoms with Crippen LogP contribution in [0.1, 0.15) is 38.9 Å². The molecule has 0 spiro atoms. The van der Waals surface area contributed by atoms with Crippen LogP contribution in [0.2, 0.25) is 0 Å². The van der Waals surface area contributed by atoms with Gasteiger partial charge in [0, 0.05) is 25.4 Å². The molecule has 0 aliphatic carbocycles. The highest BCUT2D eigenvalue weighted by Crippen LogP contribution is 2.32. The smallest absolute Gasteiger partial charge is 0.356 e. The van der Waals surface area contributed by atoms with Gasteiger partial charge in [-0.15, -0.1) is 0 Å². The molecule has 0 aliphatic rings. The largest absolute Gasteiger partial charge is 0.416 e. The van der Waals surface area contributed by atoms with Gasteiger partial charge in [0.25, 0.3) is 5.91 Å². The molecular weight excluding hydrogens is 309 g/mol. The predicted molar refractivity (Wildman–Crippen MR) is 78.0 cm³/mol. The third kappa shape index (κ3) is 3.80. The van der Waals surface area contributed by atoms with Gasteiger partial charge in [0.2, 0.25) is 0 Å². The number of aromatic nitrogens is 1. The van der Waals surface area contributed by atoms with Gasteiger partial charge in [0.05, 0.1) is 5.56 Å². The van der Waals surface area contributed by atoms with E-state index in [-0.39, 0.29) is 23.6 Å². The summed E-state index contributed by atoms with van der Waals surface area (Å²) in [5.74, 6) is -0.695. The first-order valence-corrected chi connectivity index (χ1v) is 6.80.